The normalized spacial score (nSPS) is 12.5. The summed E-state index contributed by atoms with van der Waals surface area (Å²) in [5.74, 6) is 0.632. The zero-order chi connectivity index (χ0) is 16.9. The lowest BCUT2D eigenvalue weighted by Gasteiger charge is -2.25. The predicted octanol–water partition coefficient (Wildman–Crippen LogP) is 4.43. The number of hydrogen-bond acceptors (Lipinski definition) is 2. The first-order chi connectivity index (χ1) is 10.9. The molecule has 2 rings (SSSR count). The van der Waals surface area contributed by atoms with Crippen molar-refractivity contribution in [2.75, 3.05) is 0 Å². The minimum absolute atomic E-state index is 0.0767. The van der Waals surface area contributed by atoms with Crippen LogP contribution in [0.1, 0.15) is 34.1 Å². The van der Waals surface area contributed by atoms with Crippen molar-refractivity contribution in [3.8, 4) is 16.9 Å². The fourth-order valence-electron chi connectivity index (χ4n) is 2.29. The van der Waals surface area contributed by atoms with Crippen LogP contribution in [-0.2, 0) is 4.79 Å². The summed E-state index contributed by atoms with van der Waals surface area (Å²) in [6.45, 7) is 7.84. The minimum atomic E-state index is -0.475. The number of carbonyl (C=O) groups excluding carboxylic acids is 1. The molecule has 0 bridgehead atoms. The maximum Gasteiger partial charge on any atom is 0.261 e. The third kappa shape index (κ3) is 5.13. The summed E-state index contributed by atoms with van der Waals surface area (Å²) in [5, 5.41) is 2.96. The molecule has 0 radical (unpaired) electrons. The molecule has 0 unspecified atom stereocenters. The molecule has 0 aromatic heterocycles. The van der Waals surface area contributed by atoms with Gasteiger partial charge in [0.25, 0.3) is 5.91 Å². The molecular formula is C20H25NO2. The second-order valence-electron chi connectivity index (χ2n) is 6.64. The highest BCUT2D eigenvalue weighted by molar-refractivity contribution is 5.81. The summed E-state index contributed by atoms with van der Waals surface area (Å²) in [4.78, 5) is 12.2. The molecule has 23 heavy (non-hydrogen) atoms. The van der Waals surface area contributed by atoms with Crippen molar-refractivity contribution in [3.05, 3.63) is 54.6 Å². The molecular weight excluding hydrogens is 286 g/mol. The highest BCUT2D eigenvalue weighted by atomic mass is 16.5. The lowest BCUT2D eigenvalue weighted by molar-refractivity contribution is -0.129. The van der Waals surface area contributed by atoms with E-state index in [4.69, 9.17) is 4.74 Å². The van der Waals surface area contributed by atoms with Crippen LogP contribution >= 0.6 is 0 Å². The van der Waals surface area contributed by atoms with E-state index < -0.39 is 6.10 Å². The molecule has 3 heteroatoms. The maximum atomic E-state index is 12.2. The van der Waals surface area contributed by atoms with E-state index in [0.717, 1.165) is 11.1 Å². The van der Waals surface area contributed by atoms with Crippen LogP contribution in [0.3, 0.4) is 0 Å². The molecule has 3 nitrogen and oxygen atoms in total. The van der Waals surface area contributed by atoms with Crippen LogP contribution in [0, 0.1) is 0 Å². The Morgan fingerprint density at radius 3 is 2.09 bits per heavy atom. The Hall–Kier alpha value is -2.29. The quantitative estimate of drug-likeness (QED) is 0.887. The van der Waals surface area contributed by atoms with Gasteiger partial charge in [0.1, 0.15) is 5.75 Å². The lowest BCUT2D eigenvalue weighted by atomic mass is 10.1. The topological polar surface area (TPSA) is 38.3 Å². The Labute approximate surface area is 138 Å². The average molecular weight is 311 g/mol. The number of benzene rings is 2. The van der Waals surface area contributed by atoms with Gasteiger partial charge in [0.15, 0.2) is 6.10 Å². The van der Waals surface area contributed by atoms with Crippen molar-refractivity contribution in [1.82, 2.24) is 5.32 Å². The molecule has 0 saturated carbocycles. The monoisotopic (exact) mass is 311 g/mol. The van der Waals surface area contributed by atoms with Gasteiger partial charge in [-0.3, -0.25) is 4.79 Å². The lowest BCUT2D eigenvalue weighted by Crippen LogP contribution is -2.47. The summed E-state index contributed by atoms with van der Waals surface area (Å²) in [6, 6.07) is 18.0. The SMILES string of the molecule is CC[C@H](Oc1ccc(-c2ccccc2)cc1)C(=O)NC(C)(C)C. The minimum Gasteiger partial charge on any atom is -0.481 e. The van der Waals surface area contributed by atoms with Crippen molar-refractivity contribution in [1.29, 1.82) is 0 Å². The standard InChI is InChI=1S/C20H25NO2/c1-5-18(19(22)21-20(2,3)4)23-17-13-11-16(12-14-17)15-9-7-6-8-10-15/h6-14,18H,5H2,1-4H3,(H,21,22)/t18-/m0/s1. The first kappa shape index (κ1) is 17.1. The Balaban J connectivity index is 2.06. The van der Waals surface area contributed by atoms with E-state index in [9.17, 15) is 4.79 Å². The van der Waals surface area contributed by atoms with E-state index in [-0.39, 0.29) is 11.4 Å². The van der Waals surface area contributed by atoms with Gasteiger partial charge in [-0.2, -0.15) is 0 Å². The van der Waals surface area contributed by atoms with Gasteiger partial charge in [0.05, 0.1) is 0 Å². The Morgan fingerprint density at radius 1 is 1.00 bits per heavy atom. The molecule has 1 atom stereocenters. The molecule has 2 aromatic rings. The molecule has 0 fully saturated rings. The Bertz CT molecular complexity index is 627. The third-order valence-electron chi connectivity index (χ3n) is 3.40. The van der Waals surface area contributed by atoms with Gasteiger partial charge in [0.2, 0.25) is 0 Å². The van der Waals surface area contributed by atoms with E-state index in [0.29, 0.717) is 12.2 Å². The van der Waals surface area contributed by atoms with Crippen molar-refractivity contribution in [2.24, 2.45) is 0 Å². The highest BCUT2D eigenvalue weighted by Gasteiger charge is 2.22. The Kier molecular flexibility index (Phi) is 5.43. The van der Waals surface area contributed by atoms with Crippen molar-refractivity contribution in [3.63, 3.8) is 0 Å². The van der Waals surface area contributed by atoms with E-state index in [1.165, 1.54) is 0 Å². The summed E-state index contributed by atoms with van der Waals surface area (Å²) >= 11 is 0. The van der Waals surface area contributed by atoms with E-state index >= 15 is 0 Å². The fourth-order valence-corrected chi connectivity index (χ4v) is 2.29. The molecule has 122 valence electrons. The van der Waals surface area contributed by atoms with Crippen molar-refractivity contribution in [2.45, 2.75) is 45.8 Å². The van der Waals surface area contributed by atoms with Crippen LogP contribution in [0.2, 0.25) is 0 Å². The summed E-state index contributed by atoms with van der Waals surface area (Å²) in [5.41, 5.74) is 2.03. The van der Waals surface area contributed by atoms with Crippen molar-refractivity contribution >= 4 is 5.91 Å². The van der Waals surface area contributed by atoms with Gasteiger partial charge >= 0.3 is 0 Å². The van der Waals surface area contributed by atoms with Crippen molar-refractivity contribution < 1.29 is 9.53 Å². The number of ether oxygens (including phenoxy) is 1. The first-order valence-electron chi connectivity index (χ1n) is 8.03. The number of amides is 1. The van der Waals surface area contributed by atoms with Crippen LogP contribution in [0.4, 0.5) is 0 Å². The summed E-state index contributed by atoms with van der Waals surface area (Å²) in [7, 11) is 0. The van der Waals surface area contributed by atoms with E-state index in [1.807, 2.05) is 70.2 Å². The van der Waals surface area contributed by atoms with Crippen LogP contribution in [0.15, 0.2) is 54.6 Å². The van der Waals surface area contributed by atoms with Gasteiger partial charge in [-0.15, -0.1) is 0 Å². The van der Waals surface area contributed by atoms with Gasteiger partial charge in [-0.1, -0.05) is 49.4 Å². The van der Waals surface area contributed by atoms with Gasteiger partial charge in [-0.25, -0.2) is 0 Å². The molecule has 2 aromatic carbocycles. The van der Waals surface area contributed by atoms with Gasteiger partial charge in [0, 0.05) is 5.54 Å². The first-order valence-corrected chi connectivity index (χ1v) is 8.03. The summed E-state index contributed by atoms with van der Waals surface area (Å²) in [6.07, 6.45) is 0.152. The van der Waals surface area contributed by atoms with Gasteiger partial charge in [-0.05, 0) is 50.5 Å². The van der Waals surface area contributed by atoms with Crippen LogP contribution in [-0.4, -0.2) is 17.6 Å². The predicted molar refractivity (Wildman–Crippen MR) is 94.5 cm³/mol. The van der Waals surface area contributed by atoms with E-state index in [2.05, 4.69) is 17.4 Å². The molecule has 0 saturated heterocycles. The average Bonchev–Trinajstić information content (AvgIpc) is 2.52. The second-order valence-corrected chi connectivity index (χ2v) is 6.64. The van der Waals surface area contributed by atoms with Crippen LogP contribution in [0.5, 0.6) is 5.75 Å². The van der Waals surface area contributed by atoms with Crippen LogP contribution in [0.25, 0.3) is 11.1 Å². The van der Waals surface area contributed by atoms with E-state index in [1.54, 1.807) is 0 Å². The van der Waals surface area contributed by atoms with Gasteiger partial charge < -0.3 is 10.1 Å². The second kappa shape index (κ2) is 7.32. The molecule has 1 N–H and O–H groups in total. The molecule has 1 amide bonds. The largest absolute Gasteiger partial charge is 0.481 e. The molecule has 0 aliphatic heterocycles. The molecule has 0 aliphatic carbocycles. The fraction of sp³-hybridized carbons (Fsp3) is 0.350. The van der Waals surface area contributed by atoms with Crippen LogP contribution < -0.4 is 10.1 Å². The number of hydrogen-bond donors (Lipinski definition) is 1. The zero-order valence-electron chi connectivity index (χ0n) is 14.3. The Morgan fingerprint density at radius 2 is 1.57 bits per heavy atom. The third-order valence-corrected chi connectivity index (χ3v) is 3.40. The highest BCUT2D eigenvalue weighted by Crippen LogP contribution is 2.23. The molecule has 0 aliphatic rings. The number of nitrogens with one attached hydrogen (secondary N) is 1. The smallest absolute Gasteiger partial charge is 0.261 e. The molecule has 0 spiro atoms. The molecule has 0 heterocycles. The zero-order valence-corrected chi connectivity index (χ0v) is 14.3. The number of carbonyl (C=O) groups is 1. The summed E-state index contributed by atoms with van der Waals surface area (Å²) < 4.78 is 5.85. The number of rotatable bonds is 5. The maximum absolute atomic E-state index is 12.2.